The normalized spacial score (nSPS) is 12.0. The molecular weight excluding hydrogens is 302 g/mol. The second kappa shape index (κ2) is 17.1. The summed E-state index contributed by atoms with van der Waals surface area (Å²) in [5.41, 5.74) is 0. The predicted octanol–water partition coefficient (Wildman–Crippen LogP) is 7.17. The molecule has 0 amide bonds. The Balaban J connectivity index is 3.00. The maximum Gasteiger partial charge on any atom is 0.0780 e. The molecule has 1 nitrogen and oxygen atoms in total. The Morgan fingerprint density at radius 1 is 0.435 bits per heavy atom. The van der Waals surface area contributed by atoms with Gasteiger partial charge in [-0.25, -0.2) is 0 Å². The van der Waals surface area contributed by atoms with Crippen LogP contribution in [-0.4, -0.2) is 38.1 Å². The van der Waals surface area contributed by atoms with Crippen LogP contribution in [0.2, 0.25) is 0 Å². The van der Waals surface area contributed by atoms with E-state index in [1.807, 2.05) is 0 Å². The number of quaternary nitrogens is 1. The average molecular weight is 347 g/mol. The zero-order chi connectivity index (χ0) is 17.2. The van der Waals surface area contributed by atoms with Crippen molar-refractivity contribution in [3.63, 3.8) is 0 Å². The Morgan fingerprint density at radius 3 is 0.957 bits per heavy atom. The zero-order valence-electron chi connectivity index (χ0n) is 16.6. The van der Waals surface area contributed by atoms with E-state index in [9.17, 15) is 0 Å². The fourth-order valence-corrected chi connectivity index (χ4v) is 3.34. The van der Waals surface area contributed by atoms with Crippen LogP contribution in [0.15, 0.2) is 0 Å². The molecule has 0 fully saturated rings. The van der Waals surface area contributed by atoms with Crippen molar-refractivity contribution < 1.29 is 4.48 Å². The lowest BCUT2D eigenvalue weighted by molar-refractivity contribution is -0.870. The van der Waals surface area contributed by atoms with Gasteiger partial charge < -0.3 is 4.48 Å². The lowest BCUT2D eigenvalue weighted by atomic mass is 10.0. The third kappa shape index (κ3) is 22.2. The molecule has 0 aromatic rings. The molecule has 0 spiro atoms. The molecule has 0 aliphatic heterocycles. The highest BCUT2D eigenvalue weighted by Crippen LogP contribution is 2.14. The topological polar surface area (TPSA) is 0 Å². The van der Waals surface area contributed by atoms with Crippen LogP contribution in [0.4, 0.5) is 0 Å². The standard InChI is InChI=1S/C21H45ClN/c1-23(2,3)21-19-17-15-13-11-9-7-5-4-6-8-10-12-14-16-18-20-22/h4-21H2,1-3H3/q+1. The van der Waals surface area contributed by atoms with Crippen LogP contribution < -0.4 is 0 Å². The van der Waals surface area contributed by atoms with Gasteiger partial charge in [0.2, 0.25) is 0 Å². The molecule has 0 atom stereocenters. The fourth-order valence-electron chi connectivity index (χ4n) is 3.16. The number of hydrogen-bond donors (Lipinski definition) is 0. The zero-order valence-corrected chi connectivity index (χ0v) is 17.3. The average Bonchev–Trinajstić information content (AvgIpc) is 2.49. The Hall–Kier alpha value is 0.250. The van der Waals surface area contributed by atoms with Crippen molar-refractivity contribution in [2.75, 3.05) is 33.6 Å². The molecule has 0 aromatic heterocycles. The van der Waals surface area contributed by atoms with Crippen LogP contribution in [0.3, 0.4) is 0 Å². The van der Waals surface area contributed by atoms with Gasteiger partial charge in [-0.15, -0.1) is 11.6 Å². The summed E-state index contributed by atoms with van der Waals surface area (Å²) in [6.45, 7) is 1.33. The molecule has 2 heteroatoms. The first-order valence-corrected chi connectivity index (χ1v) is 11.0. The van der Waals surface area contributed by atoms with Gasteiger partial charge in [0.25, 0.3) is 0 Å². The van der Waals surface area contributed by atoms with E-state index in [-0.39, 0.29) is 0 Å². The van der Waals surface area contributed by atoms with Crippen molar-refractivity contribution in [2.45, 2.75) is 103 Å². The summed E-state index contributed by atoms with van der Waals surface area (Å²) in [4.78, 5) is 0. The van der Waals surface area contributed by atoms with E-state index in [1.165, 1.54) is 109 Å². The van der Waals surface area contributed by atoms with Crippen molar-refractivity contribution in [1.82, 2.24) is 0 Å². The van der Waals surface area contributed by atoms with E-state index in [4.69, 9.17) is 11.6 Å². The highest BCUT2D eigenvalue weighted by molar-refractivity contribution is 6.17. The first-order chi connectivity index (χ1) is 11.1. The summed E-state index contributed by atoms with van der Waals surface area (Å²) >= 11 is 5.68. The molecule has 0 rings (SSSR count). The third-order valence-electron chi connectivity index (χ3n) is 4.71. The van der Waals surface area contributed by atoms with Crippen LogP contribution >= 0.6 is 11.6 Å². The summed E-state index contributed by atoms with van der Waals surface area (Å²) in [5, 5.41) is 0. The summed E-state index contributed by atoms with van der Waals surface area (Å²) in [7, 11) is 6.88. The Morgan fingerprint density at radius 2 is 0.696 bits per heavy atom. The van der Waals surface area contributed by atoms with Crippen molar-refractivity contribution in [1.29, 1.82) is 0 Å². The van der Waals surface area contributed by atoms with Gasteiger partial charge in [0, 0.05) is 5.88 Å². The van der Waals surface area contributed by atoms with Gasteiger partial charge in [0.05, 0.1) is 27.7 Å². The monoisotopic (exact) mass is 346 g/mol. The van der Waals surface area contributed by atoms with Gasteiger partial charge in [-0.3, -0.25) is 0 Å². The summed E-state index contributed by atoms with van der Waals surface area (Å²) < 4.78 is 1.12. The molecule has 23 heavy (non-hydrogen) atoms. The first-order valence-electron chi connectivity index (χ1n) is 10.4. The molecule has 0 aromatic carbocycles. The molecule has 0 unspecified atom stereocenters. The van der Waals surface area contributed by atoms with Crippen LogP contribution in [-0.2, 0) is 0 Å². The number of halogens is 1. The quantitative estimate of drug-likeness (QED) is 0.140. The van der Waals surface area contributed by atoms with Gasteiger partial charge in [0.15, 0.2) is 0 Å². The van der Waals surface area contributed by atoms with Crippen LogP contribution in [0.25, 0.3) is 0 Å². The number of hydrogen-bond acceptors (Lipinski definition) is 0. The number of alkyl halides is 1. The van der Waals surface area contributed by atoms with Crippen molar-refractivity contribution in [3.8, 4) is 0 Å². The van der Waals surface area contributed by atoms with Gasteiger partial charge in [-0.05, 0) is 19.3 Å². The van der Waals surface area contributed by atoms with Crippen molar-refractivity contribution in [2.24, 2.45) is 0 Å². The highest BCUT2D eigenvalue weighted by atomic mass is 35.5. The molecular formula is C21H45ClN+. The van der Waals surface area contributed by atoms with Gasteiger partial charge in [-0.2, -0.15) is 0 Å². The maximum atomic E-state index is 5.68. The van der Waals surface area contributed by atoms with Crippen molar-refractivity contribution in [3.05, 3.63) is 0 Å². The summed E-state index contributed by atoms with van der Waals surface area (Å²) in [6.07, 6.45) is 22.8. The predicted molar refractivity (Wildman–Crippen MR) is 107 cm³/mol. The number of rotatable bonds is 18. The van der Waals surface area contributed by atoms with E-state index in [0.717, 1.165) is 10.4 Å². The molecule has 0 saturated heterocycles. The van der Waals surface area contributed by atoms with E-state index in [0.29, 0.717) is 0 Å². The lowest BCUT2D eigenvalue weighted by Gasteiger charge is -2.23. The molecule has 140 valence electrons. The SMILES string of the molecule is C[N+](C)(C)CCCCCCCCCCCCCCCCCCCl. The van der Waals surface area contributed by atoms with Crippen LogP contribution in [0, 0.1) is 0 Å². The molecule has 0 saturated carbocycles. The number of unbranched alkanes of at least 4 members (excludes halogenated alkanes) is 15. The van der Waals surface area contributed by atoms with E-state index >= 15 is 0 Å². The Bertz CT molecular complexity index is 222. The van der Waals surface area contributed by atoms with Gasteiger partial charge >= 0.3 is 0 Å². The molecule has 0 N–H and O–H groups in total. The largest absolute Gasteiger partial charge is 0.331 e. The highest BCUT2D eigenvalue weighted by Gasteiger charge is 2.04. The first kappa shape index (κ1) is 23.2. The minimum atomic E-state index is 0.843. The fraction of sp³-hybridized carbons (Fsp3) is 1.00. The minimum Gasteiger partial charge on any atom is -0.331 e. The Kier molecular flexibility index (Phi) is 17.3. The smallest absolute Gasteiger partial charge is 0.0780 e. The van der Waals surface area contributed by atoms with Crippen LogP contribution in [0.1, 0.15) is 103 Å². The van der Waals surface area contributed by atoms with Gasteiger partial charge in [-0.1, -0.05) is 83.5 Å². The second-order valence-electron chi connectivity index (χ2n) is 8.36. The van der Waals surface area contributed by atoms with Crippen molar-refractivity contribution >= 4 is 11.6 Å². The molecule has 0 aliphatic rings. The van der Waals surface area contributed by atoms with E-state index in [1.54, 1.807) is 0 Å². The maximum absolute atomic E-state index is 5.68. The molecule has 0 bridgehead atoms. The molecule has 0 radical (unpaired) electrons. The van der Waals surface area contributed by atoms with E-state index < -0.39 is 0 Å². The van der Waals surface area contributed by atoms with E-state index in [2.05, 4.69) is 21.1 Å². The minimum absolute atomic E-state index is 0.843. The molecule has 0 heterocycles. The third-order valence-corrected chi connectivity index (χ3v) is 4.98. The summed E-state index contributed by atoms with van der Waals surface area (Å²) in [6, 6.07) is 0. The Labute approximate surface area is 152 Å². The second-order valence-corrected chi connectivity index (χ2v) is 8.74. The summed E-state index contributed by atoms with van der Waals surface area (Å²) in [5.74, 6) is 0.843. The van der Waals surface area contributed by atoms with Crippen LogP contribution in [0.5, 0.6) is 0 Å². The lowest BCUT2D eigenvalue weighted by Crippen LogP contribution is -2.35. The van der Waals surface area contributed by atoms with Gasteiger partial charge in [0.1, 0.15) is 0 Å². The molecule has 0 aliphatic carbocycles. The number of nitrogens with zero attached hydrogens (tertiary/aromatic N) is 1.